The fourth-order valence-electron chi connectivity index (χ4n) is 5.79. The van der Waals surface area contributed by atoms with E-state index >= 15 is 0 Å². The zero-order chi connectivity index (χ0) is 22.2. The van der Waals surface area contributed by atoms with Gasteiger partial charge in [0.05, 0.1) is 29.6 Å². The lowest BCUT2D eigenvalue weighted by Gasteiger charge is -2.27. The molecular formula is C24H22F3NO3. The molecule has 1 aromatic carbocycles. The first-order valence-electron chi connectivity index (χ1n) is 10.3. The van der Waals surface area contributed by atoms with Gasteiger partial charge in [0.25, 0.3) is 0 Å². The van der Waals surface area contributed by atoms with E-state index in [-0.39, 0.29) is 17.2 Å². The van der Waals surface area contributed by atoms with Crippen LogP contribution < -0.4 is 0 Å². The van der Waals surface area contributed by atoms with Crippen molar-refractivity contribution in [2.75, 3.05) is 0 Å². The van der Waals surface area contributed by atoms with E-state index in [1.807, 2.05) is 32.9 Å². The van der Waals surface area contributed by atoms with E-state index < -0.39 is 41.8 Å². The molecule has 2 saturated heterocycles. The predicted octanol–water partition coefficient (Wildman–Crippen LogP) is 5.06. The Hall–Kier alpha value is -2.67. The summed E-state index contributed by atoms with van der Waals surface area (Å²) in [6.07, 6.45) is -5.11. The Morgan fingerprint density at radius 3 is 2.42 bits per heavy atom. The molecule has 5 atom stereocenters. The summed E-state index contributed by atoms with van der Waals surface area (Å²) in [6, 6.07) is 7.79. The van der Waals surface area contributed by atoms with E-state index in [1.54, 1.807) is 6.07 Å². The van der Waals surface area contributed by atoms with Crippen LogP contribution in [0.4, 0.5) is 13.2 Å². The number of ether oxygens (including phenoxy) is 1. The minimum absolute atomic E-state index is 0.0491. The Labute approximate surface area is 177 Å². The molecule has 3 aliphatic rings. The number of carbonyl (C=O) groups is 1. The van der Waals surface area contributed by atoms with Crippen molar-refractivity contribution in [1.82, 2.24) is 4.98 Å². The molecule has 7 heteroatoms. The second-order valence-corrected chi connectivity index (χ2v) is 8.88. The number of aromatic nitrogens is 1. The average molecular weight is 429 g/mol. The minimum Gasteiger partial charge on any atom is -0.511 e. The van der Waals surface area contributed by atoms with Crippen molar-refractivity contribution >= 4 is 11.4 Å². The fraction of sp³-hybridized carbons (Fsp3) is 0.417. The number of carbonyl (C=O) groups excluding carboxylic acids is 1. The summed E-state index contributed by atoms with van der Waals surface area (Å²) >= 11 is 0. The highest BCUT2D eigenvalue weighted by atomic mass is 19.4. The zero-order valence-corrected chi connectivity index (χ0v) is 17.3. The first-order chi connectivity index (χ1) is 14.6. The van der Waals surface area contributed by atoms with Crippen LogP contribution in [-0.4, -0.2) is 28.1 Å². The topological polar surface area (TPSA) is 59.4 Å². The Morgan fingerprint density at radius 1 is 1.10 bits per heavy atom. The van der Waals surface area contributed by atoms with Crippen molar-refractivity contribution in [3.63, 3.8) is 0 Å². The first-order valence-corrected chi connectivity index (χ1v) is 10.3. The lowest BCUT2D eigenvalue weighted by atomic mass is 9.73. The van der Waals surface area contributed by atoms with Gasteiger partial charge in [-0.15, -0.1) is 0 Å². The number of benzene rings is 1. The number of rotatable bonds is 2. The monoisotopic (exact) mass is 429 g/mol. The Balaban J connectivity index is 1.51. The zero-order valence-electron chi connectivity index (χ0n) is 17.3. The quantitative estimate of drug-likeness (QED) is 0.725. The van der Waals surface area contributed by atoms with Crippen LogP contribution in [0.25, 0.3) is 5.57 Å². The molecule has 5 rings (SSSR count). The molecule has 31 heavy (non-hydrogen) atoms. The molecule has 2 bridgehead atoms. The van der Waals surface area contributed by atoms with Gasteiger partial charge in [0.2, 0.25) is 0 Å². The molecule has 0 amide bonds. The number of aliphatic hydroxyl groups is 1. The molecule has 2 aliphatic heterocycles. The molecule has 4 nitrogen and oxygen atoms in total. The third kappa shape index (κ3) is 2.93. The Kier molecular flexibility index (Phi) is 4.35. The van der Waals surface area contributed by atoms with Gasteiger partial charge in [-0.1, -0.05) is 23.8 Å². The van der Waals surface area contributed by atoms with Crippen LogP contribution in [0.3, 0.4) is 0 Å². The van der Waals surface area contributed by atoms with E-state index in [9.17, 15) is 23.1 Å². The van der Waals surface area contributed by atoms with Crippen LogP contribution in [0.2, 0.25) is 0 Å². The number of hydrogen-bond acceptors (Lipinski definition) is 4. The molecule has 0 saturated carbocycles. The molecule has 2 aromatic rings. The Morgan fingerprint density at radius 2 is 1.77 bits per heavy atom. The predicted molar refractivity (Wildman–Crippen MR) is 107 cm³/mol. The number of halogens is 3. The van der Waals surface area contributed by atoms with Gasteiger partial charge in [0.1, 0.15) is 11.5 Å². The molecule has 2 fully saturated rings. The summed E-state index contributed by atoms with van der Waals surface area (Å²) in [5.41, 5.74) is 3.31. The lowest BCUT2D eigenvalue weighted by molar-refractivity contribution is -0.141. The van der Waals surface area contributed by atoms with Gasteiger partial charge in [-0.2, -0.15) is 13.2 Å². The summed E-state index contributed by atoms with van der Waals surface area (Å²) in [4.78, 5) is 17.3. The minimum atomic E-state index is -4.53. The molecule has 1 aliphatic carbocycles. The van der Waals surface area contributed by atoms with Crippen LogP contribution in [0.15, 0.2) is 36.1 Å². The second-order valence-electron chi connectivity index (χ2n) is 8.88. The maximum absolute atomic E-state index is 13.5. The van der Waals surface area contributed by atoms with Gasteiger partial charge in [-0.25, -0.2) is 4.98 Å². The van der Waals surface area contributed by atoms with Gasteiger partial charge < -0.3 is 9.84 Å². The molecule has 162 valence electrons. The van der Waals surface area contributed by atoms with Crippen molar-refractivity contribution in [3.05, 3.63) is 69.7 Å². The number of nitrogens with zero attached hydrogens (tertiary/aromatic N) is 1. The molecule has 3 heterocycles. The number of hydrogen-bond donors (Lipinski definition) is 1. The molecule has 1 N–H and O–H groups in total. The van der Waals surface area contributed by atoms with Crippen LogP contribution in [0.1, 0.15) is 46.0 Å². The van der Waals surface area contributed by atoms with Crippen LogP contribution in [0.5, 0.6) is 0 Å². The number of allylic oxidation sites excluding steroid dienone is 1. The van der Waals surface area contributed by atoms with Gasteiger partial charge in [-0.05, 0) is 56.0 Å². The smallest absolute Gasteiger partial charge is 0.433 e. The third-order valence-corrected chi connectivity index (χ3v) is 6.85. The van der Waals surface area contributed by atoms with Crippen molar-refractivity contribution < 1.29 is 27.8 Å². The van der Waals surface area contributed by atoms with Crippen molar-refractivity contribution in [1.29, 1.82) is 0 Å². The lowest BCUT2D eigenvalue weighted by Crippen LogP contribution is -2.34. The maximum atomic E-state index is 13.5. The molecule has 0 spiro atoms. The summed E-state index contributed by atoms with van der Waals surface area (Å²) < 4.78 is 45.4. The number of ketones is 1. The third-order valence-electron chi connectivity index (χ3n) is 6.85. The average Bonchev–Trinajstić information content (AvgIpc) is 3.34. The first kappa shape index (κ1) is 20.2. The number of Topliss-reactive ketones (excluding diaryl/α,β-unsaturated/α-hetero) is 1. The van der Waals surface area contributed by atoms with E-state index in [0.29, 0.717) is 12.0 Å². The van der Waals surface area contributed by atoms with E-state index in [4.69, 9.17) is 4.74 Å². The fourth-order valence-corrected chi connectivity index (χ4v) is 5.79. The number of aryl methyl sites for hydroxylation is 3. The van der Waals surface area contributed by atoms with Crippen LogP contribution in [0, 0.1) is 32.6 Å². The number of alkyl halides is 3. The van der Waals surface area contributed by atoms with Gasteiger partial charge >= 0.3 is 6.18 Å². The SMILES string of the molecule is Cc1cc(C)c(C2=C(O)[C@@H]3[C@H](C2=O)[C@@H]2O[C@H]3C[C@H]2c2cccc(C(F)(F)F)n2)c(C)c1. The number of aliphatic hydroxyl groups excluding tert-OH is 1. The van der Waals surface area contributed by atoms with E-state index in [2.05, 4.69) is 4.98 Å². The van der Waals surface area contributed by atoms with Crippen LogP contribution >= 0.6 is 0 Å². The highest BCUT2D eigenvalue weighted by Crippen LogP contribution is 2.58. The maximum Gasteiger partial charge on any atom is 0.433 e. The summed E-state index contributed by atoms with van der Waals surface area (Å²) in [6.45, 7) is 5.80. The molecule has 1 aromatic heterocycles. The van der Waals surface area contributed by atoms with Crippen molar-refractivity contribution in [3.8, 4) is 0 Å². The molecule has 0 radical (unpaired) electrons. The summed E-state index contributed by atoms with van der Waals surface area (Å²) in [5.74, 6) is -1.61. The normalized spacial score (nSPS) is 29.7. The number of pyridine rings is 1. The standard InChI is InChI=1S/C24H22F3NO3/c1-10-7-11(2)17(12(3)8-10)19-21(29)18-15-9-13(23(31-15)20(18)22(19)30)14-5-4-6-16(28-14)24(25,26)27/h4-8,13,15,18,20,23,29H,9H2,1-3H3/t13-,15-,18-,20+,23+/m0/s1. The largest absolute Gasteiger partial charge is 0.511 e. The van der Waals surface area contributed by atoms with Gasteiger partial charge in [0, 0.05) is 11.6 Å². The number of fused-ring (bicyclic) bond motifs is 5. The Bertz CT molecular complexity index is 1110. The highest BCUT2D eigenvalue weighted by molar-refractivity contribution is 6.26. The highest BCUT2D eigenvalue weighted by Gasteiger charge is 2.63. The van der Waals surface area contributed by atoms with Gasteiger partial charge in [-0.3, -0.25) is 4.79 Å². The molecule has 0 unspecified atom stereocenters. The van der Waals surface area contributed by atoms with E-state index in [0.717, 1.165) is 28.3 Å². The molecular weight excluding hydrogens is 407 g/mol. The van der Waals surface area contributed by atoms with Crippen molar-refractivity contribution in [2.24, 2.45) is 11.8 Å². The van der Waals surface area contributed by atoms with Crippen LogP contribution in [-0.2, 0) is 15.7 Å². The summed E-state index contributed by atoms with van der Waals surface area (Å²) in [7, 11) is 0. The van der Waals surface area contributed by atoms with Crippen molar-refractivity contribution in [2.45, 2.75) is 51.5 Å². The second kappa shape index (κ2) is 6.66. The van der Waals surface area contributed by atoms with Gasteiger partial charge in [0.15, 0.2) is 5.78 Å². The van der Waals surface area contributed by atoms with E-state index in [1.165, 1.54) is 6.07 Å². The summed E-state index contributed by atoms with van der Waals surface area (Å²) in [5, 5.41) is 11.0.